The zero-order valence-electron chi connectivity index (χ0n) is 9.54. The van der Waals surface area contributed by atoms with Crippen molar-refractivity contribution in [1.29, 1.82) is 0 Å². The van der Waals surface area contributed by atoms with Crippen LogP contribution in [0.5, 0.6) is 0 Å². The number of amides is 1. The first-order chi connectivity index (χ1) is 8.09. The predicted octanol–water partition coefficient (Wildman–Crippen LogP) is 2.43. The van der Waals surface area contributed by atoms with E-state index in [1.165, 1.54) is 0 Å². The quantitative estimate of drug-likeness (QED) is 0.852. The van der Waals surface area contributed by atoms with E-state index in [1.807, 2.05) is 6.92 Å². The second-order valence-corrected chi connectivity index (χ2v) is 5.02. The van der Waals surface area contributed by atoms with Crippen LogP contribution in [0.3, 0.4) is 0 Å². The molecule has 1 atom stereocenters. The van der Waals surface area contributed by atoms with Crippen LogP contribution < -0.4 is 5.32 Å². The molecule has 0 saturated carbocycles. The van der Waals surface area contributed by atoms with Crippen molar-refractivity contribution in [1.82, 2.24) is 10.2 Å². The van der Waals surface area contributed by atoms with Crippen LogP contribution in [0, 0.1) is 0 Å². The van der Waals surface area contributed by atoms with E-state index in [2.05, 4.69) is 5.32 Å². The van der Waals surface area contributed by atoms with Gasteiger partial charge in [0, 0.05) is 25.7 Å². The minimum atomic E-state index is -0.0889. The Morgan fingerprint density at radius 1 is 1.41 bits per heavy atom. The first-order valence-electron chi connectivity index (χ1n) is 5.56. The first kappa shape index (κ1) is 12.7. The summed E-state index contributed by atoms with van der Waals surface area (Å²) in [5, 5.41) is 4.11. The molecular weight excluding hydrogens is 259 g/mol. The van der Waals surface area contributed by atoms with Crippen LogP contribution in [0.2, 0.25) is 10.0 Å². The summed E-state index contributed by atoms with van der Waals surface area (Å²) >= 11 is 12.1. The van der Waals surface area contributed by atoms with Gasteiger partial charge in [-0.3, -0.25) is 4.79 Å². The lowest BCUT2D eigenvalue weighted by atomic mass is 10.1. The summed E-state index contributed by atoms with van der Waals surface area (Å²) in [5.74, 6) is -0.0889. The third kappa shape index (κ3) is 2.73. The predicted molar refractivity (Wildman–Crippen MR) is 69.8 cm³/mol. The zero-order valence-corrected chi connectivity index (χ0v) is 11.1. The highest BCUT2D eigenvalue weighted by atomic mass is 35.5. The van der Waals surface area contributed by atoms with Crippen LogP contribution in [0.1, 0.15) is 17.3 Å². The number of benzene rings is 1. The third-order valence-electron chi connectivity index (χ3n) is 2.83. The molecule has 1 N–H and O–H groups in total. The van der Waals surface area contributed by atoms with Crippen LogP contribution in [-0.4, -0.2) is 36.5 Å². The van der Waals surface area contributed by atoms with Gasteiger partial charge in [-0.2, -0.15) is 0 Å². The molecule has 1 amide bonds. The number of piperazine rings is 1. The Kier molecular flexibility index (Phi) is 3.92. The molecule has 5 heteroatoms. The number of rotatable bonds is 1. The SMILES string of the molecule is C[C@@H]1CN(C(=O)c2c(Cl)cccc2Cl)CCN1. The van der Waals surface area contributed by atoms with E-state index < -0.39 is 0 Å². The average Bonchev–Trinajstić information content (AvgIpc) is 2.28. The van der Waals surface area contributed by atoms with E-state index >= 15 is 0 Å². The molecule has 0 aliphatic carbocycles. The lowest BCUT2D eigenvalue weighted by Gasteiger charge is -2.32. The smallest absolute Gasteiger partial charge is 0.256 e. The highest BCUT2D eigenvalue weighted by Crippen LogP contribution is 2.25. The van der Waals surface area contributed by atoms with Crippen molar-refractivity contribution in [2.24, 2.45) is 0 Å². The van der Waals surface area contributed by atoms with Crippen molar-refractivity contribution in [2.45, 2.75) is 13.0 Å². The third-order valence-corrected chi connectivity index (χ3v) is 3.46. The number of nitrogens with one attached hydrogen (secondary N) is 1. The molecule has 0 aromatic heterocycles. The Morgan fingerprint density at radius 2 is 2.06 bits per heavy atom. The topological polar surface area (TPSA) is 32.3 Å². The van der Waals surface area contributed by atoms with E-state index in [9.17, 15) is 4.79 Å². The second kappa shape index (κ2) is 5.25. The van der Waals surface area contributed by atoms with Gasteiger partial charge in [0.05, 0.1) is 15.6 Å². The lowest BCUT2D eigenvalue weighted by Crippen LogP contribution is -2.51. The summed E-state index contributed by atoms with van der Waals surface area (Å²) in [6.45, 7) is 4.22. The molecule has 1 aliphatic rings. The molecule has 17 heavy (non-hydrogen) atoms. The molecule has 0 bridgehead atoms. The summed E-state index contributed by atoms with van der Waals surface area (Å²) in [6.07, 6.45) is 0. The summed E-state index contributed by atoms with van der Waals surface area (Å²) in [5.41, 5.74) is 0.407. The highest BCUT2D eigenvalue weighted by Gasteiger charge is 2.24. The summed E-state index contributed by atoms with van der Waals surface area (Å²) in [4.78, 5) is 14.1. The van der Waals surface area contributed by atoms with Gasteiger partial charge in [-0.05, 0) is 19.1 Å². The standard InChI is InChI=1S/C12H14Cl2N2O/c1-8-7-16(6-5-15-8)12(17)11-9(13)3-2-4-10(11)14/h2-4,8,15H,5-7H2,1H3/t8-/m1/s1. The van der Waals surface area contributed by atoms with Crippen LogP contribution >= 0.6 is 23.2 Å². The first-order valence-corrected chi connectivity index (χ1v) is 6.32. The second-order valence-electron chi connectivity index (χ2n) is 4.20. The van der Waals surface area contributed by atoms with Crippen molar-refractivity contribution in [3.8, 4) is 0 Å². The van der Waals surface area contributed by atoms with Gasteiger partial charge in [0.15, 0.2) is 0 Å². The largest absolute Gasteiger partial charge is 0.336 e. The van der Waals surface area contributed by atoms with Gasteiger partial charge >= 0.3 is 0 Å². The van der Waals surface area contributed by atoms with Gasteiger partial charge in [-0.1, -0.05) is 29.3 Å². The molecule has 1 heterocycles. The van der Waals surface area contributed by atoms with Crippen molar-refractivity contribution in [3.05, 3.63) is 33.8 Å². The number of carbonyl (C=O) groups excluding carboxylic acids is 1. The number of halogens is 2. The van der Waals surface area contributed by atoms with Crippen molar-refractivity contribution >= 4 is 29.1 Å². The molecule has 1 saturated heterocycles. The Morgan fingerprint density at radius 3 is 2.65 bits per heavy atom. The fourth-order valence-electron chi connectivity index (χ4n) is 1.98. The summed E-state index contributed by atoms with van der Waals surface area (Å²) < 4.78 is 0. The molecular formula is C12H14Cl2N2O. The average molecular weight is 273 g/mol. The van der Waals surface area contributed by atoms with Gasteiger partial charge in [-0.15, -0.1) is 0 Å². The zero-order chi connectivity index (χ0) is 12.4. The Hall–Kier alpha value is -0.770. The molecule has 92 valence electrons. The maximum absolute atomic E-state index is 12.3. The molecule has 1 aromatic rings. The highest BCUT2D eigenvalue weighted by molar-refractivity contribution is 6.39. The molecule has 0 spiro atoms. The number of carbonyl (C=O) groups is 1. The van der Waals surface area contributed by atoms with Gasteiger partial charge in [-0.25, -0.2) is 0 Å². The lowest BCUT2D eigenvalue weighted by molar-refractivity contribution is 0.0709. The van der Waals surface area contributed by atoms with Gasteiger partial charge in [0.2, 0.25) is 0 Å². The molecule has 1 fully saturated rings. The van der Waals surface area contributed by atoms with Crippen molar-refractivity contribution in [3.63, 3.8) is 0 Å². The number of hydrogen-bond acceptors (Lipinski definition) is 2. The molecule has 1 aliphatic heterocycles. The molecule has 2 rings (SSSR count). The molecule has 0 radical (unpaired) electrons. The monoisotopic (exact) mass is 272 g/mol. The van der Waals surface area contributed by atoms with Gasteiger partial charge in [0.25, 0.3) is 5.91 Å². The van der Waals surface area contributed by atoms with Crippen LogP contribution in [0.15, 0.2) is 18.2 Å². The normalized spacial score (nSPS) is 20.4. The van der Waals surface area contributed by atoms with Crippen molar-refractivity contribution in [2.75, 3.05) is 19.6 Å². The Labute approximate surface area is 111 Å². The Balaban J connectivity index is 2.24. The van der Waals surface area contributed by atoms with Crippen LogP contribution in [0.4, 0.5) is 0 Å². The molecule has 1 aromatic carbocycles. The Bertz CT molecular complexity index is 416. The van der Waals surface area contributed by atoms with E-state index in [4.69, 9.17) is 23.2 Å². The van der Waals surface area contributed by atoms with Crippen molar-refractivity contribution < 1.29 is 4.79 Å². The summed E-state index contributed by atoms with van der Waals surface area (Å²) in [6, 6.07) is 5.41. The van der Waals surface area contributed by atoms with E-state index in [1.54, 1.807) is 23.1 Å². The minimum Gasteiger partial charge on any atom is -0.336 e. The summed E-state index contributed by atoms with van der Waals surface area (Å²) in [7, 11) is 0. The van der Waals surface area contributed by atoms with Crippen LogP contribution in [0.25, 0.3) is 0 Å². The molecule has 3 nitrogen and oxygen atoms in total. The van der Waals surface area contributed by atoms with E-state index in [-0.39, 0.29) is 5.91 Å². The minimum absolute atomic E-state index is 0.0889. The van der Waals surface area contributed by atoms with Gasteiger partial charge in [0.1, 0.15) is 0 Å². The van der Waals surface area contributed by atoms with E-state index in [0.29, 0.717) is 34.7 Å². The van der Waals surface area contributed by atoms with Crippen LogP contribution in [-0.2, 0) is 0 Å². The molecule has 0 unspecified atom stereocenters. The fraction of sp³-hybridized carbons (Fsp3) is 0.417. The van der Waals surface area contributed by atoms with E-state index in [0.717, 1.165) is 6.54 Å². The maximum Gasteiger partial charge on any atom is 0.256 e. The fourth-order valence-corrected chi connectivity index (χ4v) is 2.54. The number of hydrogen-bond donors (Lipinski definition) is 1. The maximum atomic E-state index is 12.3. The van der Waals surface area contributed by atoms with Gasteiger partial charge < -0.3 is 10.2 Å². The number of nitrogens with zero attached hydrogens (tertiary/aromatic N) is 1.